The Bertz CT molecular complexity index is 407. The molecule has 0 aliphatic carbocycles. The van der Waals surface area contributed by atoms with E-state index in [0.717, 1.165) is 28.6 Å². The molecule has 1 aliphatic heterocycles. The van der Waals surface area contributed by atoms with Crippen LogP contribution in [0.3, 0.4) is 0 Å². The number of carbonyl (C=O) groups excluding carboxylic acids is 1. The highest BCUT2D eigenvalue weighted by molar-refractivity contribution is 9.10. The molecule has 0 spiro atoms. The summed E-state index contributed by atoms with van der Waals surface area (Å²) in [5.41, 5.74) is 1.81. The Balaban J connectivity index is 2.17. The molecule has 1 saturated heterocycles. The van der Waals surface area contributed by atoms with Gasteiger partial charge in [0.25, 0.3) is 5.91 Å². The molecule has 0 aromatic heterocycles. The Labute approximate surface area is 110 Å². The van der Waals surface area contributed by atoms with Crippen LogP contribution in [0.1, 0.15) is 22.3 Å². The molecular formula is C13H16BrNO2. The minimum absolute atomic E-state index is 0.0601. The number of halogens is 1. The zero-order chi connectivity index (χ0) is 12.4. The molecule has 2 rings (SSSR count). The van der Waals surface area contributed by atoms with E-state index in [0.29, 0.717) is 6.61 Å². The van der Waals surface area contributed by atoms with Crippen molar-refractivity contribution in [1.29, 1.82) is 0 Å². The zero-order valence-electron chi connectivity index (χ0n) is 10.1. The largest absolute Gasteiger partial charge is 0.379 e. The van der Waals surface area contributed by atoms with Crippen molar-refractivity contribution in [2.75, 3.05) is 20.3 Å². The Hall–Kier alpha value is -0.870. The third-order valence-electron chi connectivity index (χ3n) is 3.06. The number of likely N-dealkylation sites (N-methyl/N-ethyl adjacent to an activating group) is 1. The van der Waals surface area contributed by atoms with Gasteiger partial charge in [-0.2, -0.15) is 0 Å². The molecule has 0 N–H and O–H groups in total. The molecule has 92 valence electrons. The summed E-state index contributed by atoms with van der Waals surface area (Å²) < 4.78 is 6.25. The van der Waals surface area contributed by atoms with E-state index in [1.54, 1.807) is 4.90 Å². The average molecular weight is 298 g/mol. The second-order valence-electron chi connectivity index (χ2n) is 4.45. The third-order valence-corrected chi connectivity index (χ3v) is 3.52. The second-order valence-corrected chi connectivity index (χ2v) is 5.37. The fourth-order valence-electron chi connectivity index (χ4n) is 2.06. The quantitative estimate of drug-likeness (QED) is 0.840. The van der Waals surface area contributed by atoms with Crippen molar-refractivity contribution in [3.63, 3.8) is 0 Å². The van der Waals surface area contributed by atoms with Gasteiger partial charge in [0.1, 0.15) is 0 Å². The van der Waals surface area contributed by atoms with Crippen LogP contribution in [0.15, 0.2) is 22.7 Å². The summed E-state index contributed by atoms with van der Waals surface area (Å²) in [6.45, 7) is 3.38. The Kier molecular flexibility index (Phi) is 3.84. The van der Waals surface area contributed by atoms with Gasteiger partial charge in [0.2, 0.25) is 0 Å². The van der Waals surface area contributed by atoms with Gasteiger partial charge in [0.15, 0.2) is 0 Å². The van der Waals surface area contributed by atoms with Gasteiger partial charge < -0.3 is 9.64 Å². The molecule has 1 fully saturated rings. The predicted molar refractivity (Wildman–Crippen MR) is 70.2 cm³/mol. The van der Waals surface area contributed by atoms with Crippen molar-refractivity contribution in [1.82, 2.24) is 4.90 Å². The molecule has 1 heterocycles. The van der Waals surface area contributed by atoms with E-state index < -0.39 is 0 Å². The van der Waals surface area contributed by atoms with Crippen LogP contribution in [-0.4, -0.2) is 37.1 Å². The lowest BCUT2D eigenvalue weighted by Gasteiger charge is -2.23. The van der Waals surface area contributed by atoms with Crippen molar-refractivity contribution in [3.8, 4) is 0 Å². The molecule has 4 heteroatoms. The first-order valence-electron chi connectivity index (χ1n) is 5.70. The molecule has 17 heavy (non-hydrogen) atoms. The van der Waals surface area contributed by atoms with Gasteiger partial charge in [-0.05, 0) is 37.1 Å². The number of rotatable bonds is 2. The third kappa shape index (κ3) is 2.87. The zero-order valence-corrected chi connectivity index (χ0v) is 11.7. The topological polar surface area (TPSA) is 29.5 Å². The molecule has 0 saturated carbocycles. The molecule has 1 atom stereocenters. The summed E-state index contributed by atoms with van der Waals surface area (Å²) in [6.07, 6.45) is 0.926. The van der Waals surface area contributed by atoms with Crippen LogP contribution in [0.25, 0.3) is 0 Å². The number of amides is 1. The van der Waals surface area contributed by atoms with Gasteiger partial charge in [-0.15, -0.1) is 0 Å². The minimum atomic E-state index is 0.0601. The predicted octanol–water partition coefficient (Wildman–Crippen LogP) is 2.62. The van der Waals surface area contributed by atoms with E-state index in [1.807, 2.05) is 32.2 Å². The highest BCUT2D eigenvalue weighted by Gasteiger charge is 2.25. The van der Waals surface area contributed by atoms with Crippen LogP contribution in [0.5, 0.6) is 0 Å². The van der Waals surface area contributed by atoms with Crippen molar-refractivity contribution in [2.45, 2.75) is 19.4 Å². The summed E-state index contributed by atoms with van der Waals surface area (Å²) in [5, 5.41) is 0. The van der Waals surface area contributed by atoms with Crippen molar-refractivity contribution >= 4 is 21.8 Å². The molecule has 0 radical (unpaired) electrons. The fourth-order valence-corrected chi connectivity index (χ4v) is 2.66. The molecule has 1 aromatic carbocycles. The van der Waals surface area contributed by atoms with E-state index >= 15 is 0 Å². The first kappa shape index (κ1) is 12.6. The van der Waals surface area contributed by atoms with Gasteiger partial charge in [0.05, 0.1) is 12.6 Å². The number of aryl methyl sites for hydroxylation is 1. The maximum Gasteiger partial charge on any atom is 0.253 e. The molecule has 3 nitrogen and oxygen atoms in total. The molecule has 0 bridgehead atoms. The van der Waals surface area contributed by atoms with Crippen molar-refractivity contribution < 1.29 is 9.53 Å². The minimum Gasteiger partial charge on any atom is -0.379 e. The Morgan fingerprint density at radius 2 is 2.24 bits per heavy atom. The highest BCUT2D eigenvalue weighted by Crippen LogP contribution is 2.19. The maximum absolute atomic E-state index is 12.3. The molecule has 1 amide bonds. The first-order chi connectivity index (χ1) is 8.08. The highest BCUT2D eigenvalue weighted by atomic mass is 79.9. The van der Waals surface area contributed by atoms with E-state index in [9.17, 15) is 4.79 Å². The summed E-state index contributed by atoms with van der Waals surface area (Å²) in [5.74, 6) is 0.0601. The molecule has 1 aliphatic rings. The van der Waals surface area contributed by atoms with Crippen LogP contribution in [0, 0.1) is 6.92 Å². The monoisotopic (exact) mass is 297 g/mol. The summed E-state index contributed by atoms with van der Waals surface area (Å²) in [4.78, 5) is 14.1. The lowest BCUT2D eigenvalue weighted by Crippen LogP contribution is -2.37. The van der Waals surface area contributed by atoms with Crippen LogP contribution in [0.4, 0.5) is 0 Å². The second kappa shape index (κ2) is 5.19. The van der Waals surface area contributed by atoms with Crippen molar-refractivity contribution in [3.05, 3.63) is 33.8 Å². The lowest BCUT2D eigenvalue weighted by atomic mass is 10.1. The van der Waals surface area contributed by atoms with Gasteiger partial charge in [-0.3, -0.25) is 4.79 Å². The van der Waals surface area contributed by atoms with Gasteiger partial charge in [-0.25, -0.2) is 0 Å². The smallest absolute Gasteiger partial charge is 0.253 e. The van der Waals surface area contributed by atoms with Crippen LogP contribution < -0.4 is 0 Å². The Morgan fingerprint density at radius 3 is 2.82 bits per heavy atom. The van der Waals surface area contributed by atoms with Gasteiger partial charge in [0, 0.05) is 23.7 Å². The fraction of sp³-hybridized carbons (Fsp3) is 0.462. The number of ether oxygens (including phenoxy) is 1. The SMILES string of the molecule is Cc1cc(Br)cc(C(=O)N(C)C2CCOC2)c1. The lowest BCUT2D eigenvalue weighted by molar-refractivity contribution is 0.0711. The standard InChI is InChI=1S/C13H16BrNO2/c1-9-5-10(7-11(14)6-9)13(16)15(2)12-3-4-17-8-12/h5-7,12H,3-4,8H2,1-2H3. The number of nitrogens with zero attached hydrogens (tertiary/aromatic N) is 1. The van der Waals surface area contributed by atoms with E-state index in [1.165, 1.54) is 0 Å². The number of hydrogen-bond acceptors (Lipinski definition) is 2. The summed E-state index contributed by atoms with van der Waals surface area (Å²) in [7, 11) is 1.85. The van der Waals surface area contributed by atoms with E-state index in [-0.39, 0.29) is 11.9 Å². The van der Waals surface area contributed by atoms with Crippen LogP contribution in [-0.2, 0) is 4.74 Å². The van der Waals surface area contributed by atoms with Crippen LogP contribution >= 0.6 is 15.9 Å². The number of hydrogen-bond donors (Lipinski definition) is 0. The van der Waals surface area contributed by atoms with E-state index in [2.05, 4.69) is 15.9 Å². The average Bonchev–Trinajstić information content (AvgIpc) is 2.79. The summed E-state index contributed by atoms with van der Waals surface area (Å²) in [6, 6.07) is 5.98. The number of carbonyl (C=O) groups is 1. The van der Waals surface area contributed by atoms with Gasteiger partial charge in [-0.1, -0.05) is 15.9 Å². The summed E-state index contributed by atoms with van der Waals surface area (Å²) >= 11 is 3.42. The molecular weight excluding hydrogens is 282 g/mol. The number of benzene rings is 1. The van der Waals surface area contributed by atoms with Crippen LogP contribution in [0.2, 0.25) is 0 Å². The Morgan fingerprint density at radius 1 is 1.47 bits per heavy atom. The first-order valence-corrected chi connectivity index (χ1v) is 6.49. The van der Waals surface area contributed by atoms with Crippen molar-refractivity contribution in [2.24, 2.45) is 0 Å². The van der Waals surface area contributed by atoms with Gasteiger partial charge >= 0.3 is 0 Å². The van der Waals surface area contributed by atoms with E-state index in [4.69, 9.17) is 4.74 Å². The molecule has 1 aromatic rings. The maximum atomic E-state index is 12.3. The normalized spacial score (nSPS) is 19.4. The molecule has 1 unspecified atom stereocenters.